The van der Waals surface area contributed by atoms with Gasteiger partial charge in [0.2, 0.25) is 6.29 Å². The molecule has 0 spiro atoms. The molecule has 1 aromatic carbocycles. The van der Waals surface area contributed by atoms with Gasteiger partial charge in [0.05, 0.1) is 16.5 Å². The minimum absolute atomic E-state index is 0.0170. The molecule has 2 rings (SSSR count). The first kappa shape index (κ1) is 24.8. The van der Waals surface area contributed by atoms with Crippen molar-refractivity contribution in [1.82, 2.24) is 9.78 Å². The van der Waals surface area contributed by atoms with Crippen LogP contribution in [0.5, 0.6) is 0 Å². The summed E-state index contributed by atoms with van der Waals surface area (Å²) >= 11 is 7.86. The van der Waals surface area contributed by atoms with Crippen LogP contribution in [0.1, 0.15) is 50.2 Å². The summed E-state index contributed by atoms with van der Waals surface area (Å²) in [6.07, 6.45) is 0.892. The molecule has 1 atom stereocenters. The monoisotopic (exact) mass is 461 g/mol. The topological polar surface area (TPSA) is 77.1 Å². The van der Waals surface area contributed by atoms with E-state index in [1.807, 2.05) is 30.5 Å². The lowest BCUT2D eigenvalue weighted by atomic mass is 9.86. The van der Waals surface area contributed by atoms with Gasteiger partial charge in [-0.3, -0.25) is 9.48 Å². The van der Waals surface area contributed by atoms with E-state index in [1.54, 1.807) is 25.6 Å². The summed E-state index contributed by atoms with van der Waals surface area (Å²) in [6.45, 7) is 9.75. The molecule has 0 aliphatic heterocycles. The zero-order valence-corrected chi connectivity index (χ0v) is 20.5. The Balaban J connectivity index is 2.59. The van der Waals surface area contributed by atoms with Crippen molar-refractivity contribution in [3.8, 4) is 6.07 Å². The van der Waals surface area contributed by atoms with Crippen LogP contribution in [-0.2, 0) is 26.7 Å². The predicted molar refractivity (Wildman–Crippen MR) is 126 cm³/mol. The van der Waals surface area contributed by atoms with Crippen LogP contribution in [-0.4, -0.2) is 34.0 Å². The number of aryl methyl sites for hydroxylation is 2. The number of aromatic nitrogens is 2. The third-order valence-electron chi connectivity index (χ3n) is 4.59. The number of ether oxygens (including phenoxy) is 2. The fraction of sp³-hybridized carbons (Fsp3) is 0.435. The maximum atomic E-state index is 11.9. The molecule has 166 valence electrons. The van der Waals surface area contributed by atoms with Crippen LogP contribution < -0.4 is 0 Å². The second-order valence-corrected chi connectivity index (χ2v) is 9.37. The molecule has 0 aliphatic carbocycles. The number of rotatable bonds is 7. The number of carbonyl (C=O) groups excluding carboxylic acids is 1. The van der Waals surface area contributed by atoms with Gasteiger partial charge in [-0.1, -0.05) is 56.6 Å². The van der Waals surface area contributed by atoms with E-state index in [0.29, 0.717) is 22.0 Å². The number of benzene rings is 1. The van der Waals surface area contributed by atoms with Gasteiger partial charge in [-0.15, -0.1) is 0 Å². The fourth-order valence-corrected chi connectivity index (χ4v) is 3.57. The number of halogens is 1. The van der Waals surface area contributed by atoms with E-state index < -0.39 is 12.3 Å². The van der Waals surface area contributed by atoms with Crippen molar-refractivity contribution < 1.29 is 14.3 Å². The predicted octanol–water partition coefficient (Wildman–Crippen LogP) is 5.34. The molecule has 1 unspecified atom stereocenters. The number of hydrogen-bond acceptors (Lipinski definition) is 6. The lowest BCUT2D eigenvalue weighted by Gasteiger charge is -2.21. The van der Waals surface area contributed by atoms with Gasteiger partial charge in [0, 0.05) is 14.0 Å². The highest BCUT2D eigenvalue weighted by Crippen LogP contribution is 2.34. The molecule has 0 saturated heterocycles. The Morgan fingerprint density at radius 3 is 2.35 bits per heavy atom. The van der Waals surface area contributed by atoms with Gasteiger partial charge in [-0.05, 0) is 29.7 Å². The standard InChI is InChI=1S/C23H28ClN3O3S/c1-14-20(24)21(27(6)26-14)22(30-15(2)29-19(28)13-31-7)18(12-25)16-8-10-17(11-9-16)23(3,4)5/h8-11,15H,13H2,1-7H3/b22-18-. The first-order valence-electron chi connectivity index (χ1n) is 9.79. The molecular formula is C23H28ClN3O3S. The molecule has 0 fully saturated rings. The highest BCUT2D eigenvalue weighted by molar-refractivity contribution is 7.99. The van der Waals surface area contributed by atoms with Crippen molar-refractivity contribution >= 4 is 40.7 Å². The summed E-state index contributed by atoms with van der Waals surface area (Å²) in [5.41, 5.74) is 3.12. The fourth-order valence-electron chi connectivity index (χ4n) is 3.02. The maximum Gasteiger partial charge on any atom is 0.318 e. The summed E-state index contributed by atoms with van der Waals surface area (Å²) in [5, 5.41) is 14.7. The van der Waals surface area contributed by atoms with Gasteiger partial charge in [0.25, 0.3) is 0 Å². The Labute approximate surface area is 193 Å². The average Bonchev–Trinajstić information content (AvgIpc) is 2.93. The number of nitrogens with zero attached hydrogens (tertiary/aromatic N) is 3. The minimum Gasteiger partial charge on any atom is -0.451 e. The molecule has 1 aromatic heterocycles. The van der Waals surface area contributed by atoms with Gasteiger partial charge < -0.3 is 9.47 Å². The number of esters is 1. The highest BCUT2D eigenvalue weighted by atomic mass is 35.5. The second kappa shape index (κ2) is 10.3. The molecule has 6 nitrogen and oxygen atoms in total. The molecule has 0 amide bonds. The SMILES string of the molecule is CSCC(=O)OC(C)O/C(=C(/C#N)c1ccc(C(C)(C)C)cc1)c1c(Cl)c(C)nn1C. The van der Waals surface area contributed by atoms with E-state index in [4.69, 9.17) is 21.1 Å². The molecule has 0 bridgehead atoms. The van der Waals surface area contributed by atoms with E-state index in [2.05, 4.69) is 31.9 Å². The van der Waals surface area contributed by atoms with E-state index in [0.717, 1.165) is 5.56 Å². The number of carbonyl (C=O) groups is 1. The molecule has 0 N–H and O–H groups in total. The number of thioether (sulfide) groups is 1. The van der Waals surface area contributed by atoms with Crippen molar-refractivity contribution in [2.24, 2.45) is 7.05 Å². The van der Waals surface area contributed by atoms with Crippen molar-refractivity contribution in [2.75, 3.05) is 12.0 Å². The van der Waals surface area contributed by atoms with Gasteiger partial charge >= 0.3 is 5.97 Å². The third kappa shape index (κ3) is 6.05. The maximum absolute atomic E-state index is 11.9. The first-order chi connectivity index (χ1) is 14.5. The Kier molecular flexibility index (Phi) is 8.21. The zero-order chi connectivity index (χ0) is 23.3. The summed E-state index contributed by atoms with van der Waals surface area (Å²) in [6, 6.07) is 9.97. The Bertz CT molecular complexity index is 1010. The molecule has 2 aromatic rings. The summed E-state index contributed by atoms with van der Waals surface area (Å²) < 4.78 is 12.9. The van der Waals surface area contributed by atoms with E-state index >= 15 is 0 Å². The quantitative estimate of drug-likeness (QED) is 0.240. The van der Waals surface area contributed by atoms with Crippen LogP contribution in [0.4, 0.5) is 0 Å². The Hall–Kier alpha value is -2.43. The molecule has 0 saturated carbocycles. The van der Waals surface area contributed by atoms with E-state index in [9.17, 15) is 10.1 Å². The van der Waals surface area contributed by atoms with Gasteiger partial charge in [-0.25, -0.2) is 0 Å². The van der Waals surface area contributed by atoms with Crippen molar-refractivity contribution in [3.63, 3.8) is 0 Å². The van der Waals surface area contributed by atoms with Crippen LogP contribution in [0.3, 0.4) is 0 Å². The summed E-state index contributed by atoms with van der Waals surface area (Å²) in [5.74, 6) is 0.0146. The normalized spacial score (nSPS) is 13.3. The first-order valence-corrected chi connectivity index (χ1v) is 11.6. The number of hydrogen-bond donors (Lipinski definition) is 0. The van der Waals surface area contributed by atoms with Crippen LogP contribution in [0.15, 0.2) is 24.3 Å². The smallest absolute Gasteiger partial charge is 0.318 e. The van der Waals surface area contributed by atoms with Crippen molar-refractivity contribution in [1.29, 1.82) is 5.26 Å². The highest BCUT2D eigenvalue weighted by Gasteiger charge is 2.25. The van der Waals surface area contributed by atoms with Gasteiger partial charge in [0.1, 0.15) is 17.3 Å². The van der Waals surface area contributed by atoms with E-state index in [1.165, 1.54) is 11.8 Å². The Morgan fingerprint density at radius 1 is 1.29 bits per heavy atom. The van der Waals surface area contributed by atoms with E-state index in [-0.39, 0.29) is 22.5 Å². The molecule has 0 aliphatic rings. The summed E-state index contributed by atoms with van der Waals surface area (Å²) in [7, 11) is 1.72. The third-order valence-corrected chi connectivity index (χ3v) is 5.56. The molecule has 31 heavy (non-hydrogen) atoms. The molecule has 0 radical (unpaired) electrons. The molecular weight excluding hydrogens is 434 g/mol. The lowest BCUT2D eigenvalue weighted by Crippen LogP contribution is -2.20. The van der Waals surface area contributed by atoms with Crippen LogP contribution in [0, 0.1) is 18.3 Å². The van der Waals surface area contributed by atoms with Crippen LogP contribution in [0.2, 0.25) is 5.02 Å². The van der Waals surface area contributed by atoms with Crippen LogP contribution in [0.25, 0.3) is 11.3 Å². The number of allylic oxidation sites excluding steroid dienone is 1. The second-order valence-electron chi connectivity index (χ2n) is 8.12. The van der Waals surface area contributed by atoms with Gasteiger partial charge in [0.15, 0.2) is 5.76 Å². The number of nitriles is 1. The molecule has 1 heterocycles. The zero-order valence-electron chi connectivity index (χ0n) is 18.9. The Morgan fingerprint density at radius 2 is 1.90 bits per heavy atom. The van der Waals surface area contributed by atoms with Crippen molar-refractivity contribution in [3.05, 3.63) is 51.8 Å². The van der Waals surface area contributed by atoms with Crippen LogP contribution >= 0.6 is 23.4 Å². The van der Waals surface area contributed by atoms with Gasteiger partial charge in [-0.2, -0.15) is 22.1 Å². The largest absolute Gasteiger partial charge is 0.451 e. The van der Waals surface area contributed by atoms with Crippen molar-refractivity contribution in [2.45, 2.75) is 46.3 Å². The average molecular weight is 462 g/mol. The molecule has 8 heteroatoms. The minimum atomic E-state index is -0.918. The summed E-state index contributed by atoms with van der Waals surface area (Å²) in [4.78, 5) is 11.9. The lowest BCUT2D eigenvalue weighted by molar-refractivity contribution is -0.160.